The number of rotatable bonds is 2. The molecule has 94 valence electrons. The second-order valence-corrected chi connectivity index (χ2v) is 4.35. The number of anilines is 2. The van der Waals surface area contributed by atoms with Crippen LogP contribution in [0.15, 0.2) is 42.7 Å². The van der Waals surface area contributed by atoms with Gasteiger partial charge in [0.25, 0.3) is 0 Å². The van der Waals surface area contributed by atoms with E-state index in [0.29, 0.717) is 12.2 Å². The van der Waals surface area contributed by atoms with E-state index in [9.17, 15) is 0 Å². The lowest BCUT2D eigenvalue weighted by atomic mass is 10.1. The summed E-state index contributed by atoms with van der Waals surface area (Å²) in [5.74, 6) is 0.610. The van der Waals surface area contributed by atoms with E-state index in [1.807, 2.05) is 30.5 Å². The monoisotopic (exact) mass is 251 g/mol. The van der Waals surface area contributed by atoms with Crippen LogP contribution in [0.3, 0.4) is 0 Å². The molecule has 0 unspecified atom stereocenters. The Labute approximate surface area is 110 Å². The van der Waals surface area contributed by atoms with E-state index in [2.05, 4.69) is 21.0 Å². The normalized spacial score (nSPS) is 10.7. The molecule has 5 nitrogen and oxygen atoms in total. The lowest BCUT2D eigenvalue weighted by molar-refractivity contribution is 1.08. The van der Waals surface area contributed by atoms with Crippen molar-refractivity contribution in [3.63, 3.8) is 0 Å². The molecule has 0 amide bonds. The Hall–Kier alpha value is -2.69. The first kappa shape index (κ1) is 11.4. The van der Waals surface area contributed by atoms with Crippen molar-refractivity contribution in [2.45, 2.75) is 6.42 Å². The minimum atomic E-state index is 0.192. The SMILES string of the molecule is Nc1ncc(Cc2cnc3ccccc3c2)c(N)n1. The highest BCUT2D eigenvalue weighted by Crippen LogP contribution is 2.17. The van der Waals surface area contributed by atoms with Gasteiger partial charge in [-0.25, -0.2) is 4.98 Å². The van der Waals surface area contributed by atoms with Crippen molar-refractivity contribution in [3.8, 4) is 0 Å². The maximum absolute atomic E-state index is 5.83. The van der Waals surface area contributed by atoms with Crippen LogP contribution in [-0.4, -0.2) is 15.0 Å². The minimum absolute atomic E-state index is 0.192. The third-order valence-corrected chi connectivity index (χ3v) is 2.96. The van der Waals surface area contributed by atoms with Gasteiger partial charge in [-0.1, -0.05) is 18.2 Å². The van der Waals surface area contributed by atoms with Crippen LogP contribution in [0.1, 0.15) is 11.1 Å². The van der Waals surface area contributed by atoms with Crippen molar-refractivity contribution in [2.75, 3.05) is 11.5 Å². The molecule has 2 aromatic heterocycles. The van der Waals surface area contributed by atoms with Crippen LogP contribution >= 0.6 is 0 Å². The maximum Gasteiger partial charge on any atom is 0.221 e. The highest BCUT2D eigenvalue weighted by molar-refractivity contribution is 5.78. The van der Waals surface area contributed by atoms with Crippen LogP contribution in [0.4, 0.5) is 11.8 Å². The Morgan fingerprint density at radius 1 is 1.00 bits per heavy atom. The predicted octanol–water partition coefficient (Wildman–Crippen LogP) is 1.78. The van der Waals surface area contributed by atoms with Gasteiger partial charge in [0, 0.05) is 29.8 Å². The molecule has 4 N–H and O–H groups in total. The molecule has 0 spiro atoms. The van der Waals surface area contributed by atoms with Crippen molar-refractivity contribution in [2.24, 2.45) is 0 Å². The van der Waals surface area contributed by atoms with Crippen LogP contribution in [0.5, 0.6) is 0 Å². The Bertz CT molecular complexity index is 739. The third-order valence-electron chi connectivity index (χ3n) is 2.96. The predicted molar refractivity (Wildman–Crippen MR) is 75.4 cm³/mol. The average Bonchev–Trinajstić information content (AvgIpc) is 2.42. The highest BCUT2D eigenvalue weighted by Gasteiger charge is 2.05. The summed E-state index contributed by atoms with van der Waals surface area (Å²) in [6.07, 6.45) is 4.15. The molecule has 0 aliphatic carbocycles. The molecule has 0 aliphatic rings. The number of aromatic nitrogens is 3. The Morgan fingerprint density at radius 2 is 1.84 bits per heavy atom. The van der Waals surface area contributed by atoms with E-state index >= 15 is 0 Å². The quantitative estimate of drug-likeness (QED) is 0.724. The number of fused-ring (bicyclic) bond motifs is 1. The molecular weight excluding hydrogens is 238 g/mol. The average molecular weight is 251 g/mol. The van der Waals surface area contributed by atoms with Gasteiger partial charge in [-0.3, -0.25) is 4.98 Å². The third kappa shape index (κ3) is 2.30. The summed E-state index contributed by atoms with van der Waals surface area (Å²) in [6.45, 7) is 0. The molecule has 0 radical (unpaired) electrons. The molecule has 3 rings (SSSR count). The van der Waals surface area contributed by atoms with Gasteiger partial charge in [0.1, 0.15) is 5.82 Å². The molecule has 3 aromatic rings. The molecule has 2 heterocycles. The summed E-state index contributed by atoms with van der Waals surface area (Å²) in [7, 11) is 0. The summed E-state index contributed by atoms with van der Waals surface area (Å²) < 4.78 is 0. The van der Waals surface area contributed by atoms with E-state index in [-0.39, 0.29) is 5.95 Å². The number of nitrogen functional groups attached to an aromatic ring is 2. The van der Waals surface area contributed by atoms with Gasteiger partial charge in [-0.15, -0.1) is 0 Å². The van der Waals surface area contributed by atoms with Gasteiger partial charge >= 0.3 is 0 Å². The van der Waals surface area contributed by atoms with Gasteiger partial charge in [0.2, 0.25) is 5.95 Å². The fourth-order valence-electron chi connectivity index (χ4n) is 2.00. The van der Waals surface area contributed by atoms with E-state index in [1.54, 1.807) is 6.20 Å². The lowest BCUT2D eigenvalue weighted by Crippen LogP contribution is -2.04. The van der Waals surface area contributed by atoms with Crippen LogP contribution < -0.4 is 11.5 Å². The van der Waals surface area contributed by atoms with Crippen molar-refractivity contribution >= 4 is 22.7 Å². The van der Waals surface area contributed by atoms with Gasteiger partial charge in [0.05, 0.1) is 5.52 Å². The summed E-state index contributed by atoms with van der Waals surface area (Å²) >= 11 is 0. The smallest absolute Gasteiger partial charge is 0.221 e. The maximum atomic E-state index is 5.83. The lowest BCUT2D eigenvalue weighted by Gasteiger charge is -2.06. The van der Waals surface area contributed by atoms with Gasteiger partial charge in [-0.05, 0) is 17.7 Å². The summed E-state index contributed by atoms with van der Waals surface area (Å²) in [4.78, 5) is 12.3. The zero-order chi connectivity index (χ0) is 13.2. The molecule has 5 heteroatoms. The Balaban J connectivity index is 1.96. The minimum Gasteiger partial charge on any atom is -0.383 e. The molecule has 19 heavy (non-hydrogen) atoms. The number of pyridine rings is 1. The highest BCUT2D eigenvalue weighted by atomic mass is 15.0. The Kier molecular flexibility index (Phi) is 2.72. The summed E-state index contributed by atoms with van der Waals surface area (Å²) in [5.41, 5.74) is 14.2. The standard InChI is InChI=1S/C14H13N5/c15-13-11(8-18-14(16)19-13)6-9-5-10-3-1-2-4-12(10)17-7-9/h1-5,7-8H,6H2,(H4,15,16,18,19). The molecule has 0 bridgehead atoms. The van der Waals surface area contributed by atoms with E-state index in [4.69, 9.17) is 11.5 Å². The number of hydrogen-bond donors (Lipinski definition) is 2. The zero-order valence-corrected chi connectivity index (χ0v) is 10.2. The fraction of sp³-hybridized carbons (Fsp3) is 0.0714. The van der Waals surface area contributed by atoms with E-state index < -0.39 is 0 Å². The number of nitrogens with zero attached hydrogens (tertiary/aromatic N) is 3. The summed E-state index contributed by atoms with van der Waals surface area (Å²) in [6, 6.07) is 10.1. The van der Waals surface area contributed by atoms with Gasteiger partial charge in [0.15, 0.2) is 0 Å². The number of para-hydroxylation sites is 1. The number of benzene rings is 1. The van der Waals surface area contributed by atoms with Crippen LogP contribution in [0, 0.1) is 0 Å². The molecular formula is C14H13N5. The van der Waals surface area contributed by atoms with Crippen molar-refractivity contribution in [1.29, 1.82) is 0 Å². The van der Waals surface area contributed by atoms with Crippen LogP contribution in [-0.2, 0) is 6.42 Å². The molecule has 0 saturated heterocycles. The molecule has 0 aliphatic heterocycles. The molecule has 0 atom stereocenters. The first-order chi connectivity index (χ1) is 9.22. The van der Waals surface area contributed by atoms with Crippen LogP contribution in [0.25, 0.3) is 10.9 Å². The topological polar surface area (TPSA) is 90.7 Å². The second-order valence-electron chi connectivity index (χ2n) is 4.35. The Morgan fingerprint density at radius 3 is 2.68 bits per heavy atom. The fourth-order valence-corrected chi connectivity index (χ4v) is 2.00. The zero-order valence-electron chi connectivity index (χ0n) is 10.2. The number of hydrogen-bond acceptors (Lipinski definition) is 5. The first-order valence-corrected chi connectivity index (χ1v) is 5.93. The molecule has 1 aromatic carbocycles. The van der Waals surface area contributed by atoms with Gasteiger partial charge in [-0.2, -0.15) is 4.98 Å². The van der Waals surface area contributed by atoms with E-state index in [0.717, 1.165) is 22.0 Å². The summed E-state index contributed by atoms with van der Waals surface area (Å²) in [5, 5.41) is 1.11. The largest absolute Gasteiger partial charge is 0.383 e. The number of nitrogens with two attached hydrogens (primary N) is 2. The van der Waals surface area contributed by atoms with Crippen LogP contribution in [0.2, 0.25) is 0 Å². The first-order valence-electron chi connectivity index (χ1n) is 5.93. The van der Waals surface area contributed by atoms with Gasteiger partial charge < -0.3 is 11.5 Å². The second kappa shape index (κ2) is 4.53. The van der Waals surface area contributed by atoms with Crippen molar-refractivity contribution < 1.29 is 0 Å². The molecule has 0 saturated carbocycles. The van der Waals surface area contributed by atoms with Crippen molar-refractivity contribution in [1.82, 2.24) is 15.0 Å². The van der Waals surface area contributed by atoms with Crippen molar-refractivity contribution in [3.05, 3.63) is 53.9 Å². The van der Waals surface area contributed by atoms with E-state index in [1.165, 1.54) is 0 Å². The molecule has 0 fully saturated rings.